The summed E-state index contributed by atoms with van der Waals surface area (Å²) in [6.45, 7) is 2.14. The molecule has 1 N–H and O–H groups in total. The van der Waals surface area contributed by atoms with Crippen LogP contribution in [-0.4, -0.2) is 38.9 Å². The molecule has 0 atom stereocenters. The van der Waals surface area contributed by atoms with E-state index >= 15 is 0 Å². The minimum absolute atomic E-state index is 0.0442. The van der Waals surface area contributed by atoms with E-state index in [2.05, 4.69) is 15.4 Å². The number of hydrogen-bond acceptors (Lipinski definition) is 6. The Morgan fingerprint density at radius 3 is 2.54 bits per heavy atom. The molecule has 0 aliphatic heterocycles. The predicted molar refractivity (Wildman–Crippen MR) is 131 cm³/mol. The van der Waals surface area contributed by atoms with Crippen molar-refractivity contribution in [3.63, 3.8) is 0 Å². The van der Waals surface area contributed by atoms with Crippen LogP contribution in [-0.2, 0) is 13.0 Å². The van der Waals surface area contributed by atoms with Crippen molar-refractivity contribution in [3.05, 3.63) is 116 Å². The van der Waals surface area contributed by atoms with Crippen molar-refractivity contribution >= 4 is 5.91 Å². The van der Waals surface area contributed by atoms with Crippen molar-refractivity contribution in [1.29, 1.82) is 0 Å². The molecule has 2 aromatic carbocycles. The molecule has 0 aliphatic rings. The van der Waals surface area contributed by atoms with E-state index in [-0.39, 0.29) is 18.8 Å². The number of aryl methyl sites for hydroxylation is 1. The van der Waals surface area contributed by atoms with Gasteiger partial charge in [0, 0.05) is 24.9 Å². The molecule has 4 aromatic rings. The third-order valence-electron chi connectivity index (χ3n) is 5.42. The van der Waals surface area contributed by atoms with Crippen molar-refractivity contribution in [1.82, 2.24) is 24.6 Å². The van der Waals surface area contributed by atoms with Crippen LogP contribution in [0.15, 0.2) is 82.5 Å². The van der Waals surface area contributed by atoms with Gasteiger partial charge in [-0.25, -0.2) is 4.79 Å². The lowest BCUT2D eigenvalue weighted by atomic mass is 10.2. The highest BCUT2D eigenvalue weighted by atomic mass is 16.5. The van der Waals surface area contributed by atoms with E-state index in [0.717, 1.165) is 20.5 Å². The number of carbonyl (C=O) groups excluding carboxylic acids is 1. The van der Waals surface area contributed by atoms with Gasteiger partial charge in [-0.1, -0.05) is 35.9 Å². The van der Waals surface area contributed by atoms with Gasteiger partial charge in [0.2, 0.25) is 5.69 Å². The predicted octanol–water partition coefficient (Wildman–Crippen LogP) is 2.13. The summed E-state index contributed by atoms with van der Waals surface area (Å²) in [5, 5.41) is 6.87. The van der Waals surface area contributed by atoms with Gasteiger partial charge in [-0.3, -0.25) is 19.1 Å². The van der Waals surface area contributed by atoms with E-state index in [4.69, 9.17) is 4.74 Å². The van der Waals surface area contributed by atoms with E-state index in [9.17, 15) is 14.4 Å². The van der Waals surface area contributed by atoms with E-state index in [1.165, 1.54) is 7.11 Å². The summed E-state index contributed by atoms with van der Waals surface area (Å²) in [6, 6.07) is 19.6. The Bertz CT molecular complexity index is 1440. The molecule has 9 heteroatoms. The van der Waals surface area contributed by atoms with Crippen LogP contribution in [0, 0.1) is 6.92 Å². The second kappa shape index (κ2) is 10.6. The molecule has 0 fully saturated rings. The van der Waals surface area contributed by atoms with E-state index in [1.807, 2.05) is 37.3 Å². The Morgan fingerprint density at radius 2 is 1.83 bits per heavy atom. The van der Waals surface area contributed by atoms with Gasteiger partial charge in [0.1, 0.15) is 5.75 Å². The molecule has 9 nitrogen and oxygen atoms in total. The number of nitrogens with zero attached hydrogens (tertiary/aromatic N) is 4. The third-order valence-corrected chi connectivity index (χ3v) is 5.42. The van der Waals surface area contributed by atoms with E-state index < -0.39 is 17.2 Å². The molecule has 0 saturated heterocycles. The van der Waals surface area contributed by atoms with Gasteiger partial charge in [-0.2, -0.15) is 9.78 Å². The second-order valence-electron chi connectivity index (χ2n) is 7.95. The van der Waals surface area contributed by atoms with Crippen LogP contribution >= 0.6 is 0 Å². The first kappa shape index (κ1) is 23.6. The first-order valence-electron chi connectivity index (χ1n) is 11.1. The summed E-state index contributed by atoms with van der Waals surface area (Å²) in [7, 11) is 1.54. The van der Waals surface area contributed by atoms with Gasteiger partial charge in [-0.05, 0) is 48.9 Å². The Labute approximate surface area is 201 Å². The van der Waals surface area contributed by atoms with Gasteiger partial charge < -0.3 is 10.1 Å². The molecule has 0 spiro atoms. The number of hydrogen-bond donors (Lipinski definition) is 1. The molecular weight excluding hydrogens is 446 g/mol. The molecule has 0 bridgehead atoms. The average Bonchev–Trinajstić information content (AvgIpc) is 2.88. The van der Waals surface area contributed by atoms with Crippen molar-refractivity contribution < 1.29 is 9.53 Å². The number of methoxy groups -OCH3 is 1. The Kier molecular flexibility index (Phi) is 7.15. The zero-order valence-corrected chi connectivity index (χ0v) is 19.5. The lowest BCUT2D eigenvalue weighted by Gasteiger charge is -2.13. The van der Waals surface area contributed by atoms with Gasteiger partial charge >= 0.3 is 5.69 Å². The standard InChI is InChI=1S/C26H25N5O4/c1-18-9-11-21(12-10-18)31-26(34)30(17-19-6-5-8-22(16-19)35-2)25(33)23(29-31)24(32)28-15-13-20-7-3-4-14-27-20/h3-12,14,16H,13,15,17H2,1-2H3,(H,28,32). The fourth-order valence-corrected chi connectivity index (χ4v) is 3.54. The fraction of sp³-hybridized carbons (Fsp3) is 0.192. The second-order valence-corrected chi connectivity index (χ2v) is 7.95. The highest BCUT2D eigenvalue weighted by Crippen LogP contribution is 2.13. The van der Waals surface area contributed by atoms with Crippen LogP contribution in [0.5, 0.6) is 5.75 Å². The first-order chi connectivity index (χ1) is 17.0. The topological polar surface area (TPSA) is 108 Å². The highest BCUT2D eigenvalue weighted by Gasteiger charge is 2.20. The summed E-state index contributed by atoms with van der Waals surface area (Å²) in [6.07, 6.45) is 2.16. The van der Waals surface area contributed by atoms with Crippen LogP contribution in [0.1, 0.15) is 27.3 Å². The average molecular weight is 472 g/mol. The van der Waals surface area contributed by atoms with Gasteiger partial charge in [0.05, 0.1) is 19.3 Å². The zero-order chi connectivity index (χ0) is 24.8. The Hall–Kier alpha value is -4.53. The van der Waals surface area contributed by atoms with E-state index in [0.29, 0.717) is 23.4 Å². The number of carbonyl (C=O) groups is 1. The van der Waals surface area contributed by atoms with Crippen LogP contribution in [0.25, 0.3) is 5.69 Å². The SMILES string of the molecule is COc1cccc(Cn2c(=O)c(C(=O)NCCc3ccccn3)nn(-c3ccc(C)cc3)c2=O)c1. The minimum atomic E-state index is -0.767. The zero-order valence-electron chi connectivity index (χ0n) is 19.5. The quantitative estimate of drug-likeness (QED) is 0.422. The van der Waals surface area contributed by atoms with Crippen LogP contribution in [0.3, 0.4) is 0 Å². The summed E-state index contributed by atoms with van der Waals surface area (Å²) in [4.78, 5) is 43.7. The summed E-state index contributed by atoms with van der Waals surface area (Å²) >= 11 is 0. The maximum absolute atomic E-state index is 13.3. The normalized spacial score (nSPS) is 10.7. The monoisotopic (exact) mass is 471 g/mol. The molecule has 2 heterocycles. The number of amides is 1. The molecule has 178 valence electrons. The molecular formula is C26H25N5O4. The number of ether oxygens (including phenoxy) is 1. The van der Waals surface area contributed by atoms with Crippen LogP contribution in [0.4, 0.5) is 0 Å². The number of nitrogens with one attached hydrogen (secondary N) is 1. The maximum Gasteiger partial charge on any atom is 0.352 e. The highest BCUT2D eigenvalue weighted by molar-refractivity contribution is 5.91. The molecule has 35 heavy (non-hydrogen) atoms. The van der Waals surface area contributed by atoms with Crippen molar-refractivity contribution in [3.8, 4) is 11.4 Å². The van der Waals surface area contributed by atoms with Gasteiger partial charge in [0.25, 0.3) is 11.5 Å². The van der Waals surface area contributed by atoms with Crippen molar-refractivity contribution in [2.45, 2.75) is 19.9 Å². The van der Waals surface area contributed by atoms with Crippen LogP contribution in [0.2, 0.25) is 0 Å². The largest absolute Gasteiger partial charge is 0.497 e. The van der Waals surface area contributed by atoms with Crippen LogP contribution < -0.4 is 21.3 Å². The van der Waals surface area contributed by atoms with Crippen molar-refractivity contribution in [2.24, 2.45) is 0 Å². The molecule has 0 unspecified atom stereocenters. The molecule has 0 radical (unpaired) electrons. The smallest absolute Gasteiger partial charge is 0.352 e. The van der Waals surface area contributed by atoms with E-state index in [1.54, 1.807) is 42.6 Å². The van der Waals surface area contributed by atoms with Gasteiger partial charge in [0.15, 0.2) is 0 Å². The third kappa shape index (κ3) is 5.52. The number of aromatic nitrogens is 4. The van der Waals surface area contributed by atoms with Crippen molar-refractivity contribution in [2.75, 3.05) is 13.7 Å². The first-order valence-corrected chi connectivity index (χ1v) is 11.1. The summed E-state index contributed by atoms with van der Waals surface area (Å²) in [5.74, 6) is -0.0675. The van der Waals surface area contributed by atoms with Gasteiger partial charge in [-0.15, -0.1) is 0 Å². The molecule has 0 saturated carbocycles. The molecule has 0 aliphatic carbocycles. The molecule has 4 rings (SSSR count). The number of benzene rings is 2. The number of pyridine rings is 1. The lowest BCUT2D eigenvalue weighted by Crippen LogP contribution is -2.46. The number of rotatable bonds is 8. The Balaban J connectivity index is 1.71. The molecule has 1 amide bonds. The minimum Gasteiger partial charge on any atom is -0.497 e. The summed E-state index contributed by atoms with van der Waals surface area (Å²) in [5.41, 5.74) is 1.14. The Morgan fingerprint density at radius 1 is 1.03 bits per heavy atom. The molecule has 2 aromatic heterocycles. The lowest BCUT2D eigenvalue weighted by molar-refractivity contribution is 0.0944. The summed E-state index contributed by atoms with van der Waals surface area (Å²) < 4.78 is 7.33. The fourth-order valence-electron chi connectivity index (χ4n) is 3.54. The maximum atomic E-state index is 13.3.